The molecule has 0 aliphatic carbocycles. The first-order valence-corrected chi connectivity index (χ1v) is 5.80. The van der Waals surface area contributed by atoms with Crippen molar-refractivity contribution in [3.05, 3.63) is 42.5 Å². The Morgan fingerprint density at radius 2 is 2.26 bits per heavy atom. The van der Waals surface area contributed by atoms with Gasteiger partial charge in [-0.05, 0) is 6.92 Å². The number of esters is 1. The molecule has 0 aliphatic rings. The maximum Gasteiger partial charge on any atom is 0.341 e. The molecular formula is C12H11N5O2. The lowest BCUT2D eigenvalue weighted by Crippen LogP contribution is -2.03. The molecule has 0 radical (unpaired) electrons. The zero-order chi connectivity index (χ0) is 13.2. The summed E-state index contributed by atoms with van der Waals surface area (Å²) in [6, 6.07) is 3.56. The van der Waals surface area contributed by atoms with Crippen molar-refractivity contribution >= 4 is 11.6 Å². The first-order chi connectivity index (χ1) is 9.28. The van der Waals surface area contributed by atoms with Crippen LogP contribution in [0.3, 0.4) is 0 Å². The van der Waals surface area contributed by atoms with Crippen LogP contribution in [-0.2, 0) is 4.74 Å². The minimum absolute atomic E-state index is 0.337. The third-order valence-electron chi connectivity index (χ3n) is 2.57. The molecule has 0 saturated heterocycles. The smallest absolute Gasteiger partial charge is 0.341 e. The van der Waals surface area contributed by atoms with Crippen LogP contribution in [0.2, 0.25) is 0 Å². The van der Waals surface area contributed by atoms with Crippen LogP contribution < -0.4 is 0 Å². The summed E-state index contributed by atoms with van der Waals surface area (Å²) in [6.07, 6.45) is 6.50. The van der Waals surface area contributed by atoms with Crippen LogP contribution in [0.5, 0.6) is 0 Å². The Hall–Kier alpha value is -2.70. The lowest BCUT2D eigenvalue weighted by molar-refractivity contribution is 0.0526. The lowest BCUT2D eigenvalue weighted by atomic mass is 10.4. The Labute approximate surface area is 108 Å². The van der Waals surface area contributed by atoms with Gasteiger partial charge >= 0.3 is 5.97 Å². The largest absolute Gasteiger partial charge is 0.462 e. The number of rotatable bonds is 3. The van der Waals surface area contributed by atoms with Crippen LogP contribution in [0.15, 0.2) is 36.9 Å². The van der Waals surface area contributed by atoms with Crippen LogP contribution in [-0.4, -0.2) is 37.0 Å². The third-order valence-corrected chi connectivity index (χ3v) is 2.57. The molecule has 7 heteroatoms. The Morgan fingerprint density at radius 1 is 1.37 bits per heavy atom. The van der Waals surface area contributed by atoms with Gasteiger partial charge in [0.25, 0.3) is 0 Å². The Morgan fingerprint density at radius 3 is 3.11 bits per heavy atom. The van der Waals surface area contributed by atoms with E-state index in [1.165, 1.54) is 10.9 Å². The van der Waals surface area contributed by atoms with Crippen LogP contribution in [0, 0.1) is 0 Å². The number of hydrogen-bond donors (Lipinski definition) is 0. The first-order valence-electron chi connectivity index (χ1n) is 5.80. The quantitative estimate of drug-likeness (QED) is 0.657. The summed E-state index contributed by atoms with van der Waals surface area (Å²) in [6.45, 7) is 2.10. The van der Waals surface area contributed by atoms with E-state index in [1.807, 2.05) is 0 Å². The van der Waals surface area contributed by atoms with Crippen molar-refractivity contribution in [2.45, 2.75) is 6.92 Å². The molecular weight excluding hydrogens is 246 g/mol. The number of carbonyl (C=O) groups excluding carboxylic acids is 1. The van der Waals surface area contributed by atoms with Gasteiger partial charge in [0, 0.05) is 24.5 Å². The molecule has 19 heavy (non-hydrogen) atoms. The summed E-state index contributed by atoms with van der Waals surface area (Å²) in [5, 5.41) is 8.17. The molecule has 96 valence electrons. The molecule has 0 N–H and O–H groups in total. The molecule has 0 atom stereocenters. The van der Waals surface area contributed by atoms with Crippen molar-refractivity contribution in [1.29, 1.82) is 0 Å². The van der Waals surface area contributed by atoms with Crippen molar-refractivity contribution < 1.29 is 9.53 Å². The van der Waals surface area contributed by atoms with Crippen molar-refractivity contribution in [2.24, 2.45) is 0 Å². The van der Waals surface area contributed by atoms with E-state index in [9.17, 15) is 4.79 Å². The average molecular weight is 257 g/mol. The van der Waals surface area contributed by atoms with Gasteiger partial charge in [-0.3, -0.25) is 0 Å². The van der Waals surface area contributed by atoms with E-state index in [-0.39, 0.29) is 5.97 Å². The summed E-state index contributed by atoms with van der Waals surface area (Å²) in [4.78, 5) is 15.9. The number of carbonyl (C=O) groups is 1. The Bertz CT molecular complexity index is 730. The maximum absolute atomic E-state index is 11.6. The van der Waals surface area contributed by atoms with E-state index in [0.29, 0.717) is 23.6 Å². The molecule has 3 aromatic rings. The molecule has 3 heterocycles. The van der Waals surface area contributed by atoms with E-state index >= 15 is 0 Å². The molecule has 0 fully saturated rings. The maximum atomic E-state index is 11.6. The highest BCUT2D eigenvalue weighted by Gasteiger charge is 2.10. The molecule has 0 spiro atoms. The fourth-order valence-corrected chi connectivity index (χ4v) is 1.70. The Kier molecular flexibility index (Phi) is 2.71. The molecule has 0 aliphatic heterocycles. The molecule has 3 rings (SSSR count). The summed E-state index contributed by atoms with van der Waals surface area (Å²) in [7, 11) is 0. The second-order valence-corrected chi connectivity index (χ2v) is 3.81. The van der Waals surface area contributed by atoms with Gasteiger partial charge in [0.05, 0.1) is 24.6 Å². The first kappa shape index (κ1) is 11.4. The van der Waals surface area contributed by atoms with Gasteiger partial charge < -0.3 is 4.74 Å². The standard InChI is InChI=1S/C12H11N5O2/c1-2-19-12(18)9-7-14-17(8-9)11-4-6-16-10(15-11)3-5-13-16/h3-8H,2H2,1H3. The molecule has 7 nitrogen and oxygen atoms in total. The predicted octanol–water partition coefficient (Wildman–Crippen LogP) is 1.09. The normalized spacial score (nSPS) is 10.8. The molecule has 3 aromatic heterocycles. The second-order valence-electron chi connectivity index (χ2n) is 3.81. The van der Waals surface area contributed by atoms with Gasteiger partial charge in [0.15, 0.2) is 11.5 Å². The van der Waals surface area contributed by atoms with Gasteiger partial charge in [-0.1, -0.05) is 0 Å². The average Bonchev–Trinajstić information content (AvgIpc) is 3.07. The van der Waals surface area contributed by atoms with Gasteiger partial charge in [-0.2, -0.15) is 10.2 Å². The number of aromatic nitrogens is 5. The lowest BCUT2D eigenvalue weighted by Gasteiger charge is -2.00. The van der Waals surface area contributed by atoms with Crippen LogP contribution >= 0.6 is 0 Å². The number of hydrogen-bond acceptors (Lipinski definition) is 5. The third kappa shape index (κ3) is 2.05. The summed E-state index contributed by atoms with van der Waals surface area (Å²) < 4.78 is 8.09. The topological polar surface area (TPSA) is 74.3 Å². The predicted molar refractivity (Wildman–Crippen MR) is 66.1 cm³/mol. The summed E-state index contributed by atoms with van der Waals surface area (Å²) in [5.74, 6) is 0.225. The summed E-state index contributed by atoms with van der Waals surface area (Å²) in [5.41, 5.74) is 1.11. The van der Waals surface area contributed by atoms with Crippen LogP contribution in [0.1, 0.15) is 17.3 Å². The Balaban J connectivity index is 1.95. The highest BCUT2D eigenvalue weighted by molar-refractivity contribution is 5.88. The summed E-state index contributed by atoms with van der Waals surface area (Å²) >= 11 is 0. The van der Waals surface area contributed by atoms with Crippen molar-refractivity contribution in [3.63, 3.8) is 0 Å². The number of nitrogens with zero attached hydrogens (tertiary/aromatic N) is 5. The van der Waals surface area contributed by atoms with Gasteiger partial charge in [0.2, 0.25) is 0 Å². The molecule has 0 unspecified atom stereocenters. The monoisotopic (exact) mass is 257 g/mol. The van der Waals surface area contributed by atoms with Crippen LogP contribution in [0.4, 0.5) is 0 Å². The highest BCUT2D eigenvalue weighted by atomic mass is 16.5. The van der Waals surface area contributed by atoms with Gasteiger partial charge in [-0.25, -0.2) is 19.0 Å². The highest BCUT2D eigenvalue weighted by Crippen LogP contribution is 2.08. The van der Waals surface area contributed by atoms with Gasteiger partial charge in [0.1, 0.15) is 0 Å². The number of fused-ring (bicyclic) bond motifs is 1. The van der Waals surface area contributed by atoms with E-state index < -0.39 is 0 Å². The van der Waals surface area contributed by atoms with E-state index in [1.54, 1.807) is 42.2 Å². The van der Waals surface area contributed by atoms with Crippen LogP contribution in [0.25, 0.3) is 11.5 Å². The fourth-order valence-electron chi connectivity index (χ4n) is 1.70. The zero-order valence-electron chi connectivity index (χ0n) is 10.2. The molecule has 0 aromatic carbocycles. The molecule has 0 bridgehead atoms. The van der Waals surface area contributed by atoms with E-state index in [2.05, 4.69) is 15.2 Å². The van der Waals surface area contributed by atoms with Crippen molar-refractivity contribution in [3.8, 4) is 5.82 Å². The minimum Gasteiger partial charge on any atom is -0.462 e. The molecule has 0 amide bonds. The van der Waals surface area contributed by atoms with Gasteiger partial charge in [-0.15, -0.1) is 0 Å². The SMILES string of the molecule is CCOC(=O)c1cnn(-c2ccn3nccc3n2)c1. The second kappa shape index (κ2) is 4.52. The number of ether oxygens (including phenoxy) is 1. The van der Waals surface area contributed by atoms with E-state index in [4.69, 9.17) is 4.74 Å². The molecule has 0 saturated carbocycles. The minimum atomic E-state index is -0.390. The fraction of sp³-hybridized carbons (Fsp3) is 0.167. The van der Waals surface area contributed by atoms with Crippen molar-refractivity contribution in [1.82, 2.24) is 24.4 Å². The van der Waals surface area contributed by atoms with E-state index in [0.717, 1.165) is 0 Å². The zero-order valence-corrected chi connectivity index (χ0v) is 10.2. The van der Waals surface area contributed by atoms with Crippen molar-refractivity contribution in [2.75, 3.05) is 6.61 Å².